The predicted molar refractivity (Wildman–Crippen MR) is 127 cm³/mol. The van der Waals surface area contributed by atoms with E-state index in [1.165, 1.54) is 36.4 Å². The molecular formula is C23H22ClN3O5S. The molecule has 10 heteroatoms. The van der Waals surface area contributed by atoms with Crippen LogP contribution in [0.1, 0.15) is 17.3 Å². The summed E-state index contributed by atoms with van der Waals surface area (Å²) in [5.41, 5.74) is 0.703. The molecule has 0 saturated heterocycles. The fraction of sp³-hybridized carbons (Fsp3) is 0.130. The van der Waals surface area contributed by atoms with Gasteiger partial charge in [0.2, 0.25) is 5.91 Å². The minimum atomic E-state index is -3.94. The number of amides is 2. The highest BCUT2D eigenvalue weighted by Crippen LogP contribution is 2.21. The molecule has 3 N–H and O–H groups in total. The van der Waals surface area contributed by atoms with Gasteiger partial charge in [-0.1, -0.05) is 23.7 Å². The number of benzene rings is 3. The number of carbonyl (C=O) groups excluding carboxylic acids is 2. The summed E-state index contributed by atoms with van der Waals surface area (Å²) in [4.78, 5) is 24.8. The maximum atomic E-state index is 12.7. The molecule has 0 atom stereocenters. The summed E-state index contributed by atoms with van der Waals surface area (Å²) in [6.45, 7) is 2.11. The summed E-state index contributed by atoms with van der Waals surface area (Å²) >= 11 is 5.81. The van der Waals surface area contributed by atoms with Gasteiger partial charge in [-0.3, -0.25) is 14.3 Å². The van der Waals surface area contributed by atoms with Gasteiger partial charge in [-0.2, -0.15) is 0 Å². The van der Waals surface area contributed by atoms with E-state index >= 15 is 0 Å². The van der Waals surface area contributed by atoms with Crippen molar-refractivity contribution in [2.45, 2.75) is 11.8 Å². The summed E-state index contributed by atoms with van der Waals surface area (Å²) in [6, 6.07) is 18.6. The highest BCUT2D eigenvalue weighted by molar-refractivity contribution is 7.92. The first-order chi connectivity index (χ1) is 15.8. The third-order valence-corrected chi connectivity index (χ3v) is 6.03. The highest BCUT2D eigenvalue weighted by atomic mass is 35.5. The molecule has 3 rings (SSSR count). The maximum absolute atomic E-state index is 12.7. The molecule has 3 aromatic carbocycles. The van der Waals surface area contributed by atoms with E-state index in [2.05, 4.69) is 15.4 Å². The summed E-state index contributed by atoms with van der Waals surface area (Å²) in [5, 5.41) is 5.56. The Bertz CT molecular complexity index is 1230. The van der Waals surface area contributed by atoms with E-state index in [1.54, 1.807) is 36.4 Å². The molecule has 0 aliphatic rings. The number of hydrogen-bond donors (Lipinski definition) is 3. The van der Waals surface area contributed by atoms with Crippen molar-refractivity contribution in [3.63, 3.8) is 0 Å². The second-order valence-electron chi connectivity index (χ2n) is 6.79. The van der Waals surface area contributed by atoms with Gasteiger partial charge in [-0.05, 0) is 67.6 Å². The van der Waals surface area contributed by atoms with Gasteiger partial charge in [-0.15, -0.1) is 0 Å². The Morgan fingerprint density at radius 1 is 0.939 bits per heavy atom. The minimum Gasteiger partial charge on any atom is -0.494 e. The molecule has 0 fully saturated rings. The molecule has 0 heterocycles. The van der Waals surface area contributed by atoms with Gasteiger partial charge in [0.25, 0.3) is 15.9 Å². The van der Waals surface area contributed by atoms with Crippen molar-refractivity contribution < 1.29 is 22.7 Å². The third kappa shape index (κ3) is 6.71. The van der Waals surface area contributed by atoms with Crippen molar-refractivity contribution in [3.05, 3.63) is 83.4 Å². The van der Waals surface area contributed by atoms with Crippen molar-refractivity contribution in [1.29, 1.82) is 0 Å². The quantitative estimate of drug-likeness (QED) is 0.423. The first-order valence-corrected chi connectivity index (χ1v) is 11.8. The number of nitrogens with one attached hydrogen (secondary N) is 3. The molecule has 0 aromatic heterocycles. The smallest absolute Gasteiger partial charge is 0.261 e. The third-order valence-electron chi connectivity index (χ3n) is 4.40. The number of ether oxygens (including phenoxy) is 1. The zero-order valence-corrected chi connectivity index (χ0v) is 19.2. The van der Waals surface area contributed by atoms with Crippen LogP contribution in [0, 0.1) is 0 Å². The van der Waals surface area contributed by atoms with Crippen LogP contribution in [-0.4, -0.2) is 33.4 Å². The lowest BCUT2D eigenvalue weighted by atomic mass is 10.1. The summed E-state index contributed by atoms with van der Waals surface area (Å²) in [6.07, 6.45) is 0. The van der Waals surface area contributed by atoms with E-state index in [9.17, 15) is 18.0 Å². The lowest BCUT2D eigenvalue weighted by Crippen LogP contribution is -2.33. The number of hydrogen-bond acceptors (Lipinski definition) is 5. The van der Waals surface area contributed by atoms with Crippen LogP contribution in [0.3, 0.4) is 0 Å². The lowest BCUT2D eigenvalue weighted by Gasteiger charge is -2.13. The predicted octanol–water partition coefficient (Wildman–Crippen LogP) is 3.91. The van der Waals surface area contributed by atoms with E-state index in [4.69, 9.17) is 16.3 Å². The fourth-order valence-corrected chi connectivity index (χ4v) is 4.06. The Morgan fingerprint density at radius 3 is 2.27 bits per heavy atom. The monoisotopic (exact) mass is 487 g/mol. The second kappa shape index (κ2) is 10.8. The van der Waals surface area contributed by atoms with E-state index in [-0.39, 0.29) is 22.7 Å². The average molecular weight is 488 g/mol. The zero-order chi connectivity index (χ0) is 23.8. The van der Waals surface area contributed by atoms with Crippen LogP contribution in [0.15, 0.2) is 77.7 Å². The van der Waals surface area contributed by atoms with Gasteiger partial charge in [-0.25, -0.2) is 8.42 Å². The number of halogens is 1. The Hall–Kier alpha value is -3.56. The molecule has 0 radical (unpaired) electrons. The van der Waals surface area contributed by atoms with Gasteiger partial charge in [0, 0.05) is 10.7 Å². The first kappa shape index (κ1) is 24.1. The maximum Gasteiger partial charge on any atom is 0.261 e. The van der Waals surface area contributed by atoms with Crippen LogP contribution in [0.4, 0.5) is 11.4 Å². The van der Waals surface area contributed by atoms with Crippen molar-refractivity contribution in [2.75, 3.05) is 23.2 Å². The standard InChI is InChI=1S/C23H22ClN3O5S/c1-2-32-18-11-9-17(10-12-18)26-22(28)15-25-23(29)20-5-3-4-6-21(20)27-33(30,31)19-13-7-16(24)8-14-19/h3-14,27H,2,15H2,1H3,(H,25,29)(H,26,28). The Balaban J connectivity index is 1.63. The van der Waals surface area contributed by atoms with Crippen LogP contribution >= 0.6 is 11.6 Å². The van der Waals surface area contributed by atoms with Gasteiger partial charge in [0.1, 0.15) is 5.75 Å². The van der Waals surface area contributed by atoms with E-state index < -0.39 is 21.8 Å². The highest BCUT2D eigenvalue weighted by Gasteiger charge is 2.19. The van der Waals surface area contributed by atoms with Gasteiger partial charge < -0.3 is 15.4 Å². The van der Waals surface area contributed by atoms with Gasteiger partial charge >= 0.3 is 0 Å². The van der Waals surface area contributed by atoms with Gasteiger partial charge in [0.15, 0.2) is 0 Å². The van der Waals surface area contributed by atoms with E-state index in [1.807, 2.05) is 6.92 Å². The molecule has 0 unspecified atom stereocenters. The summed E-state index contributed by atoms with van der Waals surface area (Å²) in [5.74, 6) is -0.362. The van der Waals surface area contributed by atoms with Crippen LogP contribution < -0.4 is 20.1 Å². The lowest BCUT2D eigenvalue weighted by molar-refractivity contribution is -0.115. The van der Waals surface area contributed by atoms with Crippen LogP contribution in [0.2, 0.25) is 5.02 Å². The number of carbonyl (C=O) groups is 2. The fourth-order valence-electron chi connectivity index (χ4n) is 2.85. The molecule has 0 bridgehead atoms. The topological polar surface area (TPSA) is 114 Å². The molecular weight excluding hydrogens is 466 g/mol. The molecule has 33 heavy (non-hydrogen) atoms. The SMILES string of the molecule is CCOc1ccc(NC(=O)CNC(=O)c2ccccc2NS(=O)(=O)c2ccc(Cl)cc2)cc1. The normalized spacial score (nSPS) is 10.8. The molecule has 0 spiro atoms. The molecule has 3 aromatic rings. The first-order valence-electron chi connectivity index (χ1n) is 9.97. The molecule has 8 nitrogen and oxygen atoms in total. The number of anilines is 2. The Labute approximate surface area is 197 Å². The zero-order valence-electron chi connectivity index (χ0n) is 17.7. The van der Waals surface area contributed by atoms with Crippen molar-refractivity contribution in [3.8, 4) is 5.75 Å². The molecule has 0 aliphatic carbocycles. The summed E-state index contributed by atoms with van der Waals surface area (Å²) in [7, 11) is -3.94. The van der Waals surface area contributed by atoms with Crippen LogP contribution in [-0.2, 0) is 14.8 Å². The molecule has 2 amide bonds. The van der Waals surface area contributed by atoms with Crippen molar-refractivity contribution in [2.24, 2.45) is 0 Å². The minimum absolute atomic E-state index is 0.00292. The van der Waals surface area contributed by atoms with Crippen LogP contribution in [0.25, 0.3) is 0 Å². The molecule has 0 aliphatic heterocycles. The number of rotatable bonds is 9. The largest absolute Gasteiger partial charge is 0.494 e. The number of para-hydroxylation sites is 1. The molecule has 0 saturated carbocycles. The Morgan fingerprint density at radius 2 is 1.61 bits per heavy atom. The van der Waals surface area contributed by atoms with Crippen molar-refractivity contribution in [1.82, 2.24) is 5.32 Å². The van der Waals surface area contributed by atoms with Crippen LogP contribution in [0.5, 0.6) is 5.75 Å². The average Bonchev–Trinajstić information content (AvgIpc) is 2.79. The van der Waals surface area contributed by atoms with Gasteiger partial charge in [0.05, 0.1) is 29.3 Å². The van der Waals surface area contributed by atoms with E-state index in [0.717, 1.165) is 0 Å². The summed E-state index contributed by atoms with van der Waals surface area (Å²) < 4.78 is 33.1. The molecule has 172 valence electrons. The van der Waals surface area contributed by atoms with E-state index in [0.29, 0.717) is 23.1 Å². The number of sulfonamides is 1. The Kier molecular flexibility index (Phi) is 7.92. The second-order valence-corrected chi connectivity index (χ2v) is 8.91. The van der Waals surface area contributed by atoms with Crippen molar-refractivity contribution >= 4 is 44.8 Å².